The number of rotatable bonds is 7. The van der Waals surface area contributed by atoms with Gasteiger partial charge in [0.1, 0.15) is 12.7 Å². The quantitative estimate of drug-likeness (QED) is 0.453. The zero-order valence-corrected chi connectivity index (χ0v) is 15.8. The molecule has 128 valence electrons. The van der Waals surface area contributed by atoms with E-state index in [0.29, 0.717) is 6.42 Å². The van der Waals surface area contributed by atoms with Crippen LogP contribution in [-0.4, -0.2) is 26.4 Å². The van der Waals surface area contributed by atoms with Crippen LogP contribution < -0.4 is 5.32 Å². The van der Waals surface area contributed by atoms with Crippen LogP contribution in [0.1, 0.15) is 12.8 Å². The molecule has 0 saturated heterocycles. The Bertz CT molecular complexity index is 821. The van der Waals surface area contributed by atoms with Crippen LogP contribution in [0.25, 0.3) is 5.69 Å². The summed E-state index contributed by atoms with van der Waals surface area (Å²) in [5, 5.41) is 10.5. The zero-order chi connectivity index (χ0) is 17.5. The third-order valence-electron chi connectivity index (χ3n) is 3.48. The Morgan fingerprint density at radius 3 is 2.64 bits per heavy atom. The van der Waals surface area contributed by atoms with Gasteiger partial charge in [-0.3, -0.25) is 9.36 Å². The molecule has 0 bridgehead atoms. The first-order valence-electron chi connectivity index (χ1n) is 7.84. The minimum atomic E-state index is 0.0253. The average Bonchev–Trinajstić information content (AvgIpc) is 3.15. The van der Waals surface area contributed by atoms with Crippen molar-refractivity contribution in [1.82, 2.24) is 14.8 Å². The molecular formula is C18H17BrN4OS. The molecule has 0 aliphatic rings. The maximum Gasteiger partial charge on any atom is 0.224 e. The van der Waals surface area contributed by atoms with Gasteiger partial charge < -0.3 is 5.32 Å². The van der Waals surface area contributed by atoms with Gasteiger partial charge in [-0.15, -0.1) is 22.0 Å². The second-order valence-electron chi connectivity index (χ2n) is 5.37. The Balaban J connectivity index is 1.45. The van der Waals surface area contributed by atoms with Gasteiger partial charge in [0.05, 0.1) is 5.69 Å². The largest absolute Gasteiger partial charge is 0.326 e. The molecule has 1 N–H and O–H groups in total. The summed E-state index contributed by atoms with van der Waals surface area (Å²) in [5.74, 6) is 0.938. The molecule has 0 atom stereocenters. The number of nitrogens with one attached hydrogen (secondary N) is 1. The van der Waals surface area contributed by atoms with E-state index in [4.69, 9.17) is 0 Å². The predicted octanol–water partition coefficient (Wildman–Crippen LogP) is 4.54. The summed E-state index contributed by atoms with van der Waals surface area (Å²) in [6, 6.07) is 15.8. The van der Waals surface area contributed by atoms with Crippen LogP contribution in [0.2, 0.25) is 0 Å². The third-order valence-corrected chi connectivity index (χ3v) is 5.10. The Hall–Kier alpha value is -2.12. The summed E-state index contributed by atoms with van der Waals surface area (Å²) >= 11 is 5.18. The zero-order valence-electron chi connectivity index (χ0n) is 13.4. The summed E-state index contributed by atoms with van der Waals surface area (Å²) < 4.78 is 2.87. The molecule has 0 radical (unpaired) electrons. The van der Waals surface area contributed by atoms with Crippen LogP contribution in [0.4, 0.5) is 5.69 Å². The predicted molar refractivity (Wildman–Crippen MR) is 104 cm³/mol. The van der Waals surface area contributed by atoms with Crippen molar-refractivity contribution in [2.75, 3.05) is 11.1 Å². The topological polar surface area (TPSA) is 59.8 Å². The molecule has 2 aromatic carbocycles. The highest BCUT2D eigenvalue weighted by molar-refractivity contribution is 9.10. The lowest BCUT2D eigenvalue weighted by molar-refractivity contribution is -0.116. The fourth-order valence-corrected chi connectivity index (χ4v) is 3.37. The van der Waals surface area contributed by atoms with Crippen molar-refractivity contribution in [1.29, 1.82) is 0 Å². The highest BCUT2D eigenvalue weighted by atomic mass is 79.9. The normalized spacial score (nSPS) is 10.6. The van der Waals surface area contributed by atoms with Crippen LogP contribution in [0.15, 0.2) is 70.6 Å². The van der Waals surface area contributed by atoms with E-state index in [1.54, 1.807) is 29.0 Å². The van der Waals surface area contributed by atoms with E-state index in [1.807, 2.05) is 36.4 Å². The molecule has 0 spiro atoms. The first kappa shape index (κ1) is 17.7. The maximum atomic E-state index is 12.1. The van der Waals surface area contributed by atoms with E-state index < -0.39 is 0 Å². The maximum absolute atomic E-state index is 12.1. The number of nitrogens with zero attached hydrogens (tertiary/aromatic N) is 3. The lowest BCUT2D eigenvalue weighted by Crippen LogP contribution is -2.11. The minimum absolute atomic E-state index is 0.0253. The number of hydrogen-bond acceptors (Lipinski definition) is 4. The molecule has 3 rings (SSSR count). The monoisotopic (exact) mass is 416 g/mol. The molecule has 0 saturated carbocycles. The van der Waals surface area contributed by atoms with Crippen molar-refractivity contribution >= 4 is 39.3 Å². The molecule has 1 amide bonds. The van der Waals surface area contributed by atoms with Gasteiger partial charge in [-0.2, -0.15) is 0 Å². The number of carbonyl (C=O) groups is 1. The fourth-order valence-electron chi connectivity index (χ4n) is 2.26. The van der Waals surface area contributed by atoms with E-state index in [9.17, 15) is 4.79 Å². The molecule has 0 unspecified atom stereocenters. The van der Waals surface area contributed by atoms with Crippen molar-refractivity contribution in [3.8, 4) is 5.69 Å². The molecule has 1 heterocycles. The molecule has 1 aromatic heterocycles. The van der Waals surface area contributed by atoms with Crippen LogP contribution in [0.5, 0.6) is 0 Å². The smallest absolute Gasteiger partial charge is 0.224 e. The minimum Gasteiger partial charge on any atom is -0.326 e. The first-order valence-corrected chi connectivity index (χ1v) is 9.62. The van der Waals surface area contributed by atoms with Gasteiger partial charge in [-0.1, -0.05) is 22.0 Å². The van der Waals surface area contributed by atoms with Gasteiger partial charge in [0, 0.05) is 21.5 Å². The second kappa shape index (κ2) is 8.82. The van der Waals surface area contributed by atoms with Crippen LogP contribution in [0.3, 0.4) is 0 Å². The number of anilines is 1. The van der Waals surface area contributed by atoms with E-state index >= 15 is 0 Å². The molecule has 0 fully saturated rings. The van der Waals surface area contributed by atoms with Crippen LogP contribution in [-0.2, 0) is 4.79 Å². The van der Waals surface area contributed by atoms with Crippen molar-refractivity contribution in [3.63, 3.8) is 0 Å². The molecule has 7 heteroatoms. The number of hydrogen-bond donors (Lipinski definition) is 1. The molecule has 0 aliphatic heterocycles. The average molecular weight is 417 g/mol. The van der Waals surface area contributed by atoms with Gasteiger partial charge in [0.2, 0.25) is 5.91 Å². The second-order valence-corrected chi connectivity index (χ2v) is 7.46. The third kappa shape index (κ3) is 5.44. The summed E-state index contributed by atoms with van der Waals surface area (Å²) in [7, 11) is 0. The molecule has 3 aromatic rings. The Kier molecular flexibility index (Phi) is 6.25. The van der Waals surface area contributed by atoms with Crippen LogP contribution in [0, 0.1) is 0 Å². The summed E-state index contributed by atoms with van der Waals surface area (Å²) in [4.78, 5) is 13.3. The number of benzene rings is 2. The molecule has 5 nitrogen and oxygen atoms in total. The lowest BCUT2D eigenvalue weighted by atomic mass is 10.2. The Morgan fingerprint density at radius 2 is 1.88 bits per heavy atom. The summed E-state index contributed by atoms with van der Waals surface area (Å²) in [5.41, 5.74) is 1.69. The van der Waals surface area contributed by atoms with Gasteiger partial charge in [0.25, 0.3) is 0 Å². The van der Waals surface area contributed by atoms with Gasteiger partial charge in [-0.05, 0) is 54.6 Å². The number of amides is 1. The van der Waals surface area contributed by atoms with Gasteiger partial charge in [0.15, 0.2) is 0 Å². The number of carbonyl (C=O) groups excluding carboxylic acids is 1. The number of thioether (sulfide) groups is 1. The number of halogens is 1. The summed E-state index contributed by atoms with van der Waals surface area (Å²) in [6.45, 7) is 0. The molecule has 25 heavy (non-hydrogen) atoms. The van der Waals surface area contributed by atoms with Crippen molar-refractivity contribution in [3.05, 3.63) is 65.7 Å². The number of aromatic nitrogens is 3. The van der Waals surface area contributed by atoms with Crippen LogP contribution >= 0.6 is 27.7 Å². The summed E-state index contributed by atoms with van der Waals surface area (Å²) in [6.07, 6.45) is 4.58. The van der Waals surface area contributed by atoms with Gasteiger partial charge >= 0.3 is 0 Å². The van der Waals surface area contributed by atoms with E-state index in [0.717, 1.165) is 28.0 Å². The van der Waals surface area contributed by atoms with E-state index in [1.165, 1.54) is 4.90 Å². The van der Waals surface area contributed by atoms with Crippen molar-refractivity contribution < 1.29 is 4.79 Å². The molecule has 0 aliphatic carbocycles. The van der Waals surface area contributed by atoms with Crippen molar-refractivity contribution in [2.24, 2.45) is 0 Å². The standard InChI is InChI=1S/C18H17BrN4OS/c19-14-6-8-17(9-7-14)25-10-2-5-18(24)22-15-3-1-4-16(11-15)23-12-20-21-13-23/h1,3-4,6-9,11-13H,2,5,10H2,(H,22,24). The molecular weight excluding hydrogens is 400 g/mol. The van der Waals surface area contributed by atoms with Gasteiger partial charge in [-0.25, -0.2) is 0 Å². The van der Waals surface area contributed by atoms with Crippen molar-refractivity contribution in [2.45, 2.75) is 17.7 Å². The SMILES string of the molecule is O=C(CCCSc1ccc(Br)cc1)Nc1cccc(-n2cnnc2)c1. The van der Waals surface area contributed by atoms with E-state index in [-0.39, 0.29) is 5.91 Å². The Labute approximate surface area is 159 Å². The highest BCUT2D eigenvalue weighted by Crippen LogP contribution is 2.22. The van der Waals surface area contributed by atoms with E-state index in [2.05, 4.69) is 43.6 Å². The fraction of sp³-hybridized carbons (Fsp3) is 0.167. The first-order chi connectivity index (χ1) is 12.2. The highest BCUT2D eigenvalue weighted by Gasteiger charge is 2.04. The lowest BCUT2D eigenvalue weighted by Gasteiger charge is -2.08. The Morgan fingerprint density at radius 1 is 1.12 bits per heavy atom.